The Morgan fingerprint density at radius 2 is 1.91 bits per heavy atom. The summed E-state index contributed by atoms with van der Waals surface area (Å²) in [6, 6.07) is 12.6. The number of hydrogen-bond donors (Lipinski definition) is 0. The maximum atomic E-state index is 4.68. The molecule has 0 saturated carbocycles. The van der Waals surface area contributed by atoms with E-state index in [9.17, 15) is 0 Å². The molecule has 0 aliphatic rings. The second-order valence-corrected chi connectivity index (χ2v) is 6.72. The van der Waals surface area contributed by atoms with Gasteiger partial charge in [-0.1, -0.05) is 30.3 Å². The molecule has 0 N–H and O–H groups in total. The topological polar surface area (TPSA) is 29.6 Å². The van der Waals surface area contributed by atoms with Crippen LogP contribution < -0.4 is 4.80 Å². The van der Waals surface area contributed by atoms with E-state index in [4.69, 9.17) is 0 Å². The summed E-state index contributed by atoms with van der Waals surface area (Å²) in [7, 11) is 0. The first-order chi connectivity index (χ1) is 10.7. The van der Waals surface area contributed by atoms with E-state index in [1.807, 2.05) is 29.1 Å². The zero-order valence-electron chi connectivity index (χ0n) is 12.5. The lowest BCUT2D eigenvalue weighted by Crippen LogP contribution is -2.14. The van der Waals surface area contributed by atoms with Gasteiger partial charge in [-0.05, 0) is 30.7 Å². The highest BCUT2D eigenvalue weighted by Crippen LogP contribution is 2.19. The summed E-state index contributed by atoms with van der Waals surface area (Å²) >= 11 is 3.29. The van der Waals surface area contributed by atoms with Crippen molar-refractivity contribution in [2.75, 3.05) is 0 Å². The van der Waals surface area contributed by atoms with Crippen LogP contribution in [0.5, 0.6) is 0 Å². The van der Waals surface area contributed by atoms with Gasteiger partial charge in [0.1, 0.15) is 0 Å². The first kappa shape index (κ1) is 14.9. The molecule has 0 radical (unpaired) electrons. The highest BCUT2D eigenvalue weighted by atomic mass is 32.1. The predicted molar refractivity (Wildman–Crippen MR) is 95.8 cm³/mol. The van der Waals surface area contributed by atoms with Gasteiger partial charge in [-0.2, -0.15) is 16.4 Å². The molecule has 0 unspecified atom stereocenters. The van der Waals surface area contributed by atoms with Gasteiger partial charge >= 0.3 is 0 Å². The van der Waals surface area contributed by atoms with Crippen molar-refractivity contribution in [3.8, 4) is 11.3 Å². The Morgan fingerprint density at radius 1 is 1.09 bits per heavy atom. The van der Waals surface area contributed by atoms with Crippen LogP contribution in [-0.4, -0.2) is 16.9 Å². The molecule has 0 amide bonds. The van der Waals surface area contributed by atoms with E-state index in [2.05, 4.69) is 58.3 Å². The van der Waals surface area contributed by atoms with Crippen molar-refractivity contribution in [2.45, 2.75) is 19.9 Å². The Hall–Kier alpha value is -1.98. The average molecular weight is 327 g/mol. The van der Waals surface area contributed by atoms with Gasteiger partial charge in [0.25, 0.3) is 0 Å². The summed E-state index contributed by atoms with van der Waals surface area (Å²) in [5.74, 6) is 0. The van der Waals surface area contributed by atoms with E-state index < -0.39 is 0 Å². The number of benzene rings is 1. The van der Waals surface area contributed by atoms with Gasteiger partial charge in [0, 0.05) is 22.5 Å². The van der Waals surface area contributed by atoms with Crippen LogP contribution in [0.1, 0.15) is 19.4 Å². The minimum absolute atomic E-state index is 0.241. The summed E-state index contributed by atoms with van der Waals surface area (Å²) in [6.07, 6.45) is 1.88. The van der Waals surface area contributed by atoms with Gasteiger partial charge in [0.2, 0.25) is 4.80 Å². The second-order valence-electron chi connectivity index (χ2n) is 5.11. The first-order valence-corrected chi connectivity index (χ1v) is 8.92. The standard InChI is InChI=1S/C17H17N3S2/c1-13(2)19-17-20(18-10-14-8-9-21-11-14)16(12-22-17)15-6-4-3-5-7-15/h3-13H,1-2H3. The van der Waals surface area contributed by atoms with Crippen LogP contribution in [0.25, 0.3) is 11.3 Å². The monoisotopic (exact) mass is 327 g/mol. The molecule has 22 heavy (non-hydrogen) atoms. The Bertz CT molecular complexity index is 809. The molecule has 2 heterocycles. The van der Waals surface area contributed by atoms with E-state index in [0.717, 1.165) is 21.6 Å². The first-order valence-electron chi connectivity index (χ1n) is 7.10. The fourth-order valence-corrected chi connectivity index (χ4v) is 3.58. The average Bonchev–Trinajstić information content (AvgIpc) is 3.15. The molecule has 3 rings (SSSR count). The lowest BCUT2D eigenvalue weighted by molar-refractivity contribution is 0.755. The Balaban J connectivity index is 2.10. The summed E-state index contributed by atoms with van der Waals surface area (Å²) in [4.78, 5) is 5.59. The molecular formula is C17H17N3S2. The van der Waals surface area contributed by atoms with Crippen molar-refractivity contribution in [2.24, 2.45) is 10.1 Å². The van der Waals surface area contributed by atoms with Crippen molar-refractivity contribution < 1.29 is 0 Å². The van der Waals surface area contributed by atoms with Crippen molar-refractivity contribution in [3.05, 3.63) is 62.9 Å². The number of nitrogens with zero attached hydrogens (tertiary/aromatic N) is 3. The van der Waals surface area contributed by atoms with E-state index in [1.54, 1.807) is 22.7 Å². The summed E-state index contributed by atoms with van der Waals surface area (Å²) < 4.78 is 1.93. The van der Waals surface area contributed by atoms with Crippen molar-refractivity contribution >= 4 is 28.9 Å². The molecule has 112 valence electrons. The van der Waals surface area contributed by atoms with Crippen LogP contribution in [0.2, 0.25) is 0 Å². The summed E-state index contributed by atoms with van der Waals surface area (Å²) in [5, 5.41) is 10.9. The molecule has 0 bridgehead atoms. The van der Waals surface area contributed by atoms with Gasteiger partial charge in [-0.15, -0.1) is 11.3 Å². The number of thiophene rings is 1. The number of hydrogen-bond acceptors (Lipinski definition) is 4. The van der Waals surface area contributed by atoms with Gasteiger partial charge in [0.05, 0.1) is 11.9 Å². The third-order valence-electron chi connectivity index (χ3n) is 2.99. The quantitative estimate of drug-likeness (QED) is 0.633. The van der Waals surface area contributed by atoms with Crippen molar-refractivity contribution in [1.82, 2.24) is 4.68 Å². The molecule has 5 heteroatoms. The smallest absolute Gasteiger partial charge is 0.206 e. The van der Waals surface area contributed by atoms with E-state index in [0.29, 0.717) is 0 Å². The predicted octanol–water partition coefficient (Wildman–Crippen LogP) is 4.47. The maximum absolute atomic E-state index is 4.68. The zero-order valence-corrected chi connectivity index (χ0v) is 14.1. The van der Waals surface area contributed by atoms with Gasteiger partial charge in [-0.3, -0.25) is 4.99 Å². The van der Waals surface area contributed by atoms with Crippen LogP contribution >= 0.6 is 22.7 Å². The highest BCUT2D eigenvalue weighted by molar-refractivity contribution is 7.08. The molecule has 1 aromatic carbocycles. The van der Waals surface area contributed by atoms with E-state index >= 15 is 0 Å². The summed E-state index contributed by atoms with van der Waals surface area (Å²) in [6.45, 7) is 4.16. The molecule has 0 aliphatic heterocycles. The van der Waals surface area contributed by atoms with Crippen LogP contribution in [0.4, 0.5) is 0 Å². The minimum Gasteiger partial charge on any atom is -0.255 e. The Morgan fingerprint density at radius 3 is 2.59 bits per heavy atom. The second kappa shape index (κ2) is 6.85. The molecule has 0 spiro atoms. The Kier molecular flexibility index (Phi) is 4.65. The fourth-order valence-electron chi connectivity index (χ4n) is 2.00. The van der Waals surface area contributed by atoms with Gasteiger partial charge < -0.3 is 0 Å². The van der Waals surface area contributed by atoms with Gasteiger partial charge in [-0.25, -0.2) is 4.68 Å². The molecule has 0 aliphatic carbocycles. The SMILES string of the molecule is CC(C)N=c1scc(-c2ccccc2)n1N=Cc1ccsc1. The van der Waals surface area contributed by atoms with E-state index in [1.165, 1.54) is 0 Å². The molecule has 0 saturated heterocycles. The molecule has 3 aromatic rings. The number of aromatic nitrogens is 1. The number of thiazole rings is 1. The molecule has 2 aromatic heterocycles. The van der Waals surface area contributed by atoms with E-state index in [-0.39, 0.29) is 6.04 Å². The number of rotatable bonds is 4. The normalized spacial score (nSPS) is 12.6. The zero-order chi connectivity index (χ0) is 15.4. The molecular weight excluding hydrogens is 310 g/mol. The van der Waals surface area contributed by atoms with Crippen LogP contribution in [-0.2, 0) is 0 Å². The van der Waals surface area contributed by atoms with Gasteiger partial charge in [0.15, 0.2) is 0 Å². The lowest BCUT2D eigenvalue weighted by atomic mass is 10.2. The lowest BCUT2D eigenvalue weighted by Gasteiger charge is -2.03. The van der Waals surface area contributed by atoms with Crippen LogP contribution in [0.3, 0.4) is 0 Å². The van der Waals surface area contributed by atoms with Crippen molar-refractivity contribution in [1.29, 1.82) is 0 Å². The third-order valence-corrected chi connectivity index (χ3v) is 4.52. The fraction of sp³-hybridized carbons (Fsp3) is 0.176. The molecule has 0 fully saturated rings. The third kappa shape index (κ3) is 3.43. The highest BCUT2D eigenvalue weighted by Gasteiger charge is 2.07. The summed E-state index contributed by atoms with van der Waals surface area (Å²) in [5.41, 5.74) is 3.32. The van der Waals surface area contributed by atoms with Crippen LogP contribution in [0.15, 0.2) is 62.6 Å². The molecule has 0 atom stereocenters. The Labute approximate surface area is 137 Å². The minimum atomic E-state index is 0.241. The molecule has 3 nitrogen and oxygen atoms in total. The maximum Gasteiger partial charge on any atom is 0.206 e. The van der Waals surface area contributed by atoms with Crippen molar-refractivity contribution in [3.63, 3.8) is 0 Å². The van der Waals surface area contributed by atoms with Crippen LogP contribution in [0, 0.1) is 0 Å². The largest absolute Gasteiger partial charge is 0.255 e.